The standard InChI is InChI=1S/C15H19F3O/c1-2-10-6-7-12(9-14(10)19)11-4-3-5-13(8-11)15(16,17)18/h4,8,12,19H,2-3,5-7,9H2,1H3. The summed E-state index contributed by atoms with van der Waals surface area (Å²) in [5, 5.41) is 9.91. The van der Waals surface area contributed by atoms with Crippen LogP contribution in [0.25, 0.3) is 0 Å². The van der Waals surface area contributed by atoms with Crippen LogP contribution < -0.4 is 0 Å². The second-order valence-corrected chi connectivity index (χ2v) is 5.25. The fourth-order valence-corrected chi connectivity index (χ4v) is 2.87. The van der Waals surface area contributed by atoms with Crippen molar-refractivity contribution >= 4 is 0 Å². The summed E-state index contributed by atoms with van der Waals surface area (Å²) in [6, 6.07) is 0. The number of alkyl halides is 3. The summed E-state index contributed by atoms with van der Waals surface area (Å²) in [5.74, 6) is 0.417. The SMILES string of the molecule is CCC1=C(O)CC(C2=CCCC(C(F)(F)F)=C2)CC1. The zero-order valence-corrected chi connectivity index (χ0v) is 11.1. The molecule has 0 saturated heterocycles. The van der Waals surface area contributed by atoms with Crippen LogP contribution in [0.2, 0.25) is 0 Å². The normalized spacial score (nSPS) is 25.2. The number of aliphatic hydroxyl groups is 1. The second kappa shape index (κ2) is 5.43. The minimum Gasteiger partial charge on any atom is -0.512 e. The Morgan fingerprint density at radius 1 is 1.32 bits per heavy atom. The van der Waals surface area contributed by atoms with E-state index in [0.29, 0.717) is 18.6 Å². The molecule has 19 heavy (non-hydrogen) atoms. The van der Waals surface area contributed by atoms with Crippen molar-refractivity contribution in [1.29, 1.82) is 0 Å². The molecule has 1 unspecified atom stereocenters. The Hall–Kier alpha value is -1.19. The quantitative estimate of drug-likeness (QED) is 0.731. The smallest absolute Gasteiger partial charge is 0.412 e. The zero-order valence-electron chi connectivity index (χ0n) is 11.1. The van der Waals surface area contributed by atoms with Crippen LogP contribution in [0, 0.1) is 5.92 Å². The highest BCUT2D eigenvalue weighted by Crippen LogP contribution is 2.39. The molecule has 0 aliphatic heterocycles. The van der Waals surface area contributed by atoms with Crippen LogP contribution in [0.1, 0.15) is 45.4 Å². The summed E-state index contributed by atoms with van der Waals surface area (Å²) >= 11 is 0. The van der Waals surface area contributed by atoms with Crippen molar-refractivity contribution in [3.05, 3.63) is 34.6 Å². The Morgan fingerprint density at radius 2 is 2.05 bits per heavy atom. The number of hydrogen-bond donors (Lipinski definition) is 1. The topological polar surface area (TPSA) is 20.2 Å². The van der Waals surface area contributed by atoms with Crippen molar-refractivity contribution in [2.45, 2.75) is 51.6 Å². The predicted molar refractivity (Wildman–Crippen MR) is 68.7 cm³/mol. The maximum Gasteiger partial charge on any atom is 0.412 e. The Labute approximate surface area is 111 Å². The zero-order chi connectivity index (χ0) is 14.0. The van der Waals surface area contributed by atoms with Gasteiger partial charge in [0, 0.05) is 12.0 Å². The van der Waals surface area contributed by atoms with Gasteiger partial charge in [-0.3, -0.25) is 0 Å². The molecule has 1 atom stereocenters. The summed E-state index contributed by atoms with van der Waals surface area (Å²) < 4.78 is 38.2. The van der Waals surface area contributed by atoms with Crippen molar-refractivity contribution in [2.24, 2.45) is 5.92 Å². The monoisotopic (exact) mass is 272 g/mol. The molecule has 0 aromatic rings. The lowest BCUT2D eigenvalue weighted by molar-refractivity contribution is -0.0941. The van der Waals surface area contributed by atoms with Gasteiger partial charge in [-0.15, -0.1) is 0 Å². The van der Waals surface area contributed by atoms with Crippen LogP contribution in [0.15, 0.2) is 34.6 Å². The molecule has 2 aliphatic carbocycles. The van der Waals surface area contributed by atoms with E-state index >= 15 is 0 Å². The Balaban J connectivity index is 2.14. The summed E-state index contributed by atoms with van der Waals surface area (Å²) in [4.78, 5) is 0. The van der Waals surface area contributed by atoms with Gasteiger partial charge in [0.1, 0.15) is 0 Å². The Bertz CT molecular complexity index is 441. The molecule has 0 aromatic heterocycles. The van der Waals surface area contributed by atoms with Crippen LogP contribution >= 0.6 is 0 Å². The average molecular weight is 272 g/mol. The minimum absolute atomic E-state index is 0.0351. The number of aliphatic hydroxyl groups excluding tert-OH is 1. The van der Waals surface area contributed by atoms with Gasteiger partial charge >= 0.3 is 6.18 Å². The van der Waals surface area contributed by atoms with E-state index in [0.717, 1.165) is 30.4 Å². The third-order valence-corrected chi connectivity index (χ3v) is 4.04. The minimum atomic E-state index is -4.22. The molecule has 0 saturated carbocycles. The molecule has 0 aromatic carbocycles. The van der Waals surface area contributed by atoms with Gasteiger partial charge in [-0.1, -0.05) is 19.1 Å². The molecule has 2 rings (SSSR count). The number of allylic oxidation sites excluding steroid dienone is 6. The predicted octanol–water partition coefficient (Wildman–Crippen LogP) is 5.22. The fourth-order valence-electron chi connectivity index (χ4n) is 2.87. The molecule has 106 valence electrons. The van der Waals surface area contributed by atoms with Gasteiger partial charge in [0.05, 0.1) is 5.76 Å². The Kier molecular flexibility index (Phi) is 4.07. The van der Waals surface area contributed by atoms with E-state index in [9.17, 15) is 18.3 Å². The molecule has 1 nitrogen and oxygen atoms in total. The number of halogens is 3. The van der Waals surface area contributed by atoms with Gasteiger partial charge in [-0.2, -0.15) is 13.2 Å². The fraction of sp³-hybridized carbons (Fsp3) is 0.600. The lowest BCUT2D eigenvalue weighted by atomic mass is 9.80. The van der Waals surface area contributed by atoms with E-state index in [1.54, 1.807) is 0 Å². The first kappa shape index (κ1) is 14.2. The van der Waals surface area contributed by atoms with Crippen LogP contribution in [0.3, 0.4) is 0 Å². The lowest BCUT2D eigenvalue weighted by Gasteiger charge is -2.27. The highest BCUT2D eigenvalue weighted by atomic mass is 19.4. The molecular formula is C15H19F3O. The Morgan fingerprint density at radius 3 is 2.63 bits per heavy atom. The van der Waals surface area contributed by atoms with Crippen molar-refractivity contribution in [3.63, 3.8) is 0 Å². The number of rotatable bonds is 2. The van der Waals surface area contributed by atoms with Crippen molar-refractivity contribution < 1.29 is 18.3 Å². The summed E-state index contributed by atoms with van der Waals surface area (Å²) in [7, 11) is 0. The van der Waals surface area contributed by atoms with Gasteiger partial charge in [-0.25, -0.2) is 0 Å². The molecule has 0 spiro atoms. The molecular weight excluding hydrogens is 253 g/mol. The maximum atomic E-state index is 12.7. The highest BCUT2D eigenvalue weighted by Gasteiger charge is 2.35. The lowest BCUT2D eigenvalue weighted by Crippen LogP contribution is -2.18. The molecule has 0 heterocycles. The summed E-state index contributed by atoms with van der Waals surface area (Å²) in [5.41, 5.74) is 1.36. The van der Waals surface area contributed by atoms with Crippen LogP contribution in [-0.4, -0.2) is 11.3 Å². The van der Waals surface area contributed by atoms with Crippen molar-refractivity contribution in [1.82, 2.24) is 0 Å². The first-order valence-electron chi connectivity index (χ1n) is 6.79. The van der Waals surface area contributed by atoms with E-state index in [-0.39, 0.29) is 12.3 Å². The highest BCUT2D eigenvalue weighted by molar-refractivity contribution is 5.34. The van der Waals surface area contributed by atoms with E-state index in [1.807, 2.05) is 13.0 Å². The van der Waals surface area contributed by atoms with E-state index in [2.05, 4.69) is 0 Å². The number of hydrogen-bond acceptors (Lipinski definition) is 1. The molecule has 0 bridgehead atoms. The van der Waals surface area contributed by atoms with Crippen molar-refractivity contribution in [3.8, 4) is 0 Å². The largest absolute Gasteiger partial charge is 0.512 e. The third kappa shape index (κ3) is 3.23. The van der Waals surface area contributed by atoms with Crippen LogP contribution in [0.5, 0.6) is 0 Å². The van der Waals surface area contributed by atoms with Gasteiger partial charge in [0.25, 0.3) is 0 Å². The van der Waals surface area contributed by atoms with Crippen LogP contribution in [0.4, 0.5) is 13.2 Å². The average Bonchev–Trinajstić information content (AvgIpc) is 2.38. The van der Waals surface area contributed by atoms with Gasteiger partial charge in [-0.05, 0) is 49.2 Å². The first-order chi connectivity index (χ1) is 8.91. The van der Waals surface area contributed by atoms with E-state index in [4.69, 9.17) is 0 Å². The summed E-state index contributed by atoms with van der Waals surface area (Å²) in [6.45, 7) is 1.99. The van der Waals surface area contributed by atoms with Gasteiger partial charge in [0.2, 0.25) is 0 Å². The van der Waals surface area contributed by atoms with E-state index in [1.165, 1.54) is 6.08 Å². The molecule has 1 N–H and O–H groups in total. The second-order valence-electron chi connectivity index (χ2n) is 5.25. The van der Waals surface area contributed by atoms with Gasteiger partial charge < -0.3 is 5.11 Å². The first-order valence-corrected chi connectivity index (χ1v) is 6.79. The molecule has 0 amide bonds. The molecule has 4 heteroatoms. The summed E-state index contributed by atoms with van der Waals surface area (Å²) in [6.07, 6.45) is 2.41. The molecule has 0 fully saturated rings. The van der Waals surface area contributed by atoms with E-state index < -0.39 is 11.7 Å². The van der Waals surface area contributed by atoms with Gasteiger partial charge in [0.15, 0.2) is 0 Å². The molecule has 2 aliphatic rings. The molecule has 0 radical (unpaired) electrons. The maximum absolute atomic E-state index is 12.7. The third-order valence-electron chi connectivity index (χ3n) is 4.04. The van der Waals surface area contributed by atoms with Crippen molar-refractivity contribution in [2.75, 3.05) is 0 Å². The van der Waals surface area contributed by atoms with Crippen LogP contribution in [-0.2, 0) is 0 Å².